The molecule has 0 saturated carbocycles. The van der Waals surface area contributed by atoms with E-state index in [-0.39, 0.29) is 11.6 Å². The fourth-order valence-electron chi connectivity index (χ4n) is 4.01. The molecule has 4 rings (SSSR count). The lowest BCUT2D eigenvalue weighted by Crippen LogP contribution is -2.30. The summed E-state index contributed by atoms with van der Waals surface area (Å²) in [6, 6.07) is 12.9. The van der Waals surface area contributed by atoms with E-state index >= 15 is 0 Å². The summed E-state index contributed by atoms with van der Waals surface area (Å²) in [7, 11) is 0. The Balaban J connectivity index is 1.51. The Hall–Kier alpha value is -3.19. The van der Waals surface area contributed by atoms with Crippen molar-refractivity contribution in [3.05, 3.63) is 75.5 Å². The normalized spacial score (nSPS) is 14.8. The number of nitro benzene ring substituents is 1. The third-order valence-electron chi connectivity index (χ3n) is 5.53. The lowest BCUT2D eigenvalue weighted by molar-refractivity contribution is -0.383. The second kappa shape index (κ2) is 8.45. The van der Waals surface area contributed by atoms with Crippen LogP contribution in [0.4, 0.5) is 5.69 Å². The van der Waals surface area contributed by atoms with Gasteiger partial charge in [-0.1, -0.05) is 36.8 Å². The van der Waals surface area contributed by atoms with E-state index in [0.29, 0.717) is 23.0 Å². The number of hydrogen-bond acceptors (Lipinski definition) is 4. The van der Waals surface area contributed by atoms with Crippen molar-refractivity contribution in [3.63, 3.8) is 0 Å². The van der Waals surface area contributed by atoms with Crippen LogP contribution in [0.2, 0.25) is 0 Å². The highest BCUT2D eigenvalue weighted by molar-refractivity contribution is 6.10. The molecule has 0 atom stereocenters. The first-order valence-corrected chi connectivity index (χ1v) is 9.95. The van der Waals surface area contributed by atoms with Gasteiger partial charge in [0.25, 0.3) is 11.6 Å². The van der Waals surface area contributed by atoms with Gasteiger partial charge < -0.3 is 10.3 Å². The van der Waals surface area contributed by atoms with Gasteiger partial charge in [0.2, 0.25) is 0 Å². The second-order valence-corrected chi connectivity index (χ2v) is 7.45. The molecule has 0 unspecified atom stereocenters. The standard InChI is InChI=1S/C22H24N4O3/c27-22(18-14-23-19-9-6-10-20(21(18)19)26(28)29)24-13-16-7-2-3-8-17(16)15-25-11-4-1-5-12-25/h2-3,6-10,14,23H,1,4-5,11-13,15H2,(H,24,27). The second-order valence-electron chi connectivity index (χ2n) is 7.45. The van der Waals surface area contributed by atoms with E-state index in [4.69, 9.17) is 0 Å². The predicted molar refractivity (Wildman–Crippen MR) is 112 cm³/mol. The molecule has 1 saturated heterocycles. The van der Waals surface area contributed by atoms with Crippen molar-refractivity contribution in [1.29, 1.82) is 0 Å². The fourth-order valence-corrected chi connectivity index (χ4v) is 4.01. The van der Waals surface area contributed by atoms with Gasteiger partial charge in [-0.15, -0.1) is 0 Å². The fraction of sp³-hybridized carbons (Fsp3) is 0.318. The average molecular weight is 392 g/mol. The molecule has 0 radical (unpaired) electrons. The Kier molecular flexibility index (Phi) is 5.57. The first-order valence-electron chi connectivity index (χ1n) is 9.95. The summed E-state index contributed by atoms with van der Waals surface area (Å²) in [6.45, 7) is 3.49. The molecule has 2 N–H and O–H groups in total. The van der Waals surface area contributed by atoms with Crippen LogP contribution in [-0.4, -0.2) is 33.8 Å². The van der Waals surface area contributed by atoms with Gasteiger partial charge in [-0.3, -0.25) is 19.8 Å². The van der Waals surface area contributed by atoms with Crippen LogP contribution in [0.25, 0.3) is 10.9 Å². The quantitative estimate of drug-likeness (QED) is 0.490. The zero-order valence-corrected chi connectivity index (χ0v) is 16.2. The SMILES string of the molecule is O=C(NCc1ccccc1CN1CCCCC1)c1c[nH]c2cccc([N+](=O)[O-])c12. The number of piperidine rings is 1. The van der Waals surface area contributed by atoms with Crippen molar-refractivity contribution in [2.45, 2.75) is 32.4 Å². The monoisotopic (exact) mass is 392 g/mol. The third-order valence-corrected chi connectivity index (χ3v) is 5.53. The van der Waals surface area contributed by atoms with Gasteiger partial charge >= 0.3 is 0 Å². The number of carbonyl (C=O) groups is 1. The van der Waals surface area contributed by atoms with Gasteiger partial charge in [0, 0.05) is 25.4 Å². The molecule has 1 aliphatic rings. The summed E-state index contributed by atoms with van der Waals surface area (Å²) in [5.41, 5.74) is 3.08. The molecule has 0 bridgehead atoms. The topological polar surface area (TPSA) is 91.3 Å². The molecule has 0 spiro atoms. The number of nitro groups is 1. The molecule has 3 aromatic rings. The van der Waals surface area contributed by atoms with Crippen molar-refractivity contribution < 1.29 is 9.72 Å². The highest BCUT2D eigenvalue weighted by Crippen LogP contribution is 2.28. The van der Waals surface area contributed by atoms with Crippen LogP contribution in [0.3, 0.4) is 0 Å². The number of fused-ring (bicyclic) bond motifs is 1. The van der Waals surface area contributed by atoms with Gasteiger partial charge in [0.1, 0.15) is 0 Å². The number of H-pyrrole nitrogens is 1. The number of nitrogens with one attached hydrogen (secondary N) is 2. The molecule has 1 amide bonds. The van der Waals surface area contributed by atoms with E-state index in [1.807, 2.05) is 18.2 Å². The van der Waals surface area contributed by atoms with Crippen molar-refractivity contribution >= 4 is 22.5 Å². The molecule has 0 aliphatic carbocycles. The number of carbonyl (C=O) groups excluding carboxylic acids is 1. The number of hydrogen-bond donors (Lipinski definition) is 2. The molecule has 7 nitrogen and oxygen atoms in total. The Bertz CT molecular complexity index is 1040. The smallest absolute Gasteiger partial charge is 0.279 e. The van der Waals surface area contributed by atoms with Crippen LogP contribution in [0, 0.1) is 10.1 Å². The van der Waals surface area contributed by atoms with E-state index in [0.717, 1.165) is 25.2 Å². The first-order chi connectivity index (χ1) is 14.1. The zero-order chi connectivity index (χ0) is 20.2. The Morgan fingerprint density at radius 3 is 2.59 bits per heavy atom. The number of non-ortho nitro benzene ring substituents is 1. The number of aromatic nitrogens is 1. The average Bonchev–Trinajstić information content (AvgIpc) is 3.18. The molecule has 1 aliphatic heterocycles. The van der Waals surface area contributed by atoms with Crippen LogP contribution in [0.5, 0.6) is 0 Å². The third kappa shape index (κ3) is 4.14. The number of nitrogens with zero attached hydrogens (tertiary/aromatic N) is 2. The minimum Gasteiger partial charge on any atom is -0.360 e. The molecule has 1 aromatic heterocycles. The van der Waals surface area contributed by atoms with Gasteiger partial charge in [0.15, 0.2) is 0 Å². The summed E-state index contributed by atoms with van der Waals surface area (Å²) in [5.74, 6) is -0.321. The molecular weight excluding hydrogens is 368 g/mol. The largest absolute Gasteiger partial charge is 0.360 e. The Morgan fingerprint density at radius 2 is 1.83 bits per heavy atom. The van der Waals surface area contributed by atoms with Crippen molar-refractivity contribution in [3.8, 4) is 0 Å². The van der Waals surface area contributed by atoms with Gasteiger partial charge in [-0.05, 0) is 43.1 Å². The lowest BCUT2D eigenvalue weighted by atomic mass is 10.0. The summed E-state index contributed by atoms with van der Waals surface area (Å²) in [5, 5.41) is 14.6. The maximum Gasteiger partial charge on any atom is 0.279 e. The van der Waals surface area contributed by atoms with Crippen LogP contribution in [-0.2, 0) is 13.1 Å². The highest BCUT2D eigenvalue weighted by Gasteiger charge is 2.21. The van der Waals surface area contributed by atoms with Crippen molar-refractivity contribution in [1.82, 2.24) is 15.2 Å². The van der Waals surface area contributed by atoms with E-state index in [2.05, 4.69) is 21.3 Å². The van der Waals surface area contributed by atoms with Crippen LogP contribution >= 0.6 is 0 Å². The summed E-state index contributed by atoms with van der Waals surface area (Å²) < 4.78 is 0. The number of rotatable bonds is 6. The van der Waals surface area contributed by atoms with Crippen molar-refractivity contribution in [2.75, 3.05) is 13.1 Å². The Labute approximate surface area is 168 Å². The Morgan fingerprint density at radius 1 is 1.07 bits per heavy atom. The minimum atomic E-state index is -0.457. The zero-order valence-electron chi connectivity index (χ0n) is 16.2. The molecular formula is C22H24N4O3. The lowest BCUT2D eigenvalue weighted by Gasteiger charge is -2.27. The first kappa shape index (κ1) is 19.1. The molecule has 2 aromatic carbocycles. The van der Waals surface area contributed by atoms with E-state index in [1.165, 1.54) is 37.1 Å². The molecule has 2 heterocycles. The number of benzene rings is 2. The van der Waals surface area contributed by atoms with Gasteiger partial charge in [0.05, 0.1) is 21.4 Å². The highest BCUT2D eigenvalue weighted by atomic mass is 16.6. The predicted octanol–water partition coefficient (Wildman–Crippen LogP) is 3.99. The van der Waals surface area contributed by atoms with Gasteiger partial charge in [-0.2, -0.15) is 0 Å². The van der Waals surface area contributed by atoms with E-state index in [9.17, 15) is 14.9 Å². The van der Waals surface area contributed by atoms with E-state index < -0.39 is 4.92 Å². The molecule has 1 fully saturated rings. The molecule has 150 valence electrons. The molecule has 7 heteroatoms. The summed E-state index contributed by atoms with van der Waals surface area (Å²) in [4.78, 5) is 29.1. The maximum absolute atomic E-state index is 12.8. The van der Waals surface area contributed by atoms with Crippen LogP contribution in [0.15, 0.2) is 48.7 Å². The van der Waals surface area contributed by atoms with Crippen LogP contribution < -0.4 is 5.32 Å². The van der Waals surface area contributed by atoms with Gasteiger partial charge in [-0.25, -0.2) is 0 Å². The van der Waals surface area contributed by atoms with E-state index in [1.54, 1.807) is 12.1 Å². The number of likely N-dealkylation sites (tertiary alicyclic amines) is 1. The summed E-state index contributed by atoms with van der Waals surface area (Å²) in [6.07, 6.45) is 5.30. The number of amides is 1. The molecule has 29 heavy (non-hydrogen) atoms. The number of aromatic amines is 1. The van der Waals surface area contributed by atoms with Crippen LogP contribution in [0.1, 0.15) is 40.7 Å². The summed E-state index contributed by atoms with van der Waals surface area (Å²) >= 11 is 0. The van der Waals surface area contributed by atoms with Crippen molar-refractivity contribution in [2.24, 2.45) is 0 Å². The minimum absolute atomic E-state index is 0.0700. The maximum atomic E-state index is 12.8.